The molecule has 2 nitrogen and oxygen atoms in total. The molecule has 1 unspecified atom stereocenters. The molecule has 0 amide bonds. The van der Waals surface area contributed by atoms with E-state index in [-0.39, 0.29) is 0 Å². The molecular formula is C15H32N2. The fraction of sp³-hybridized carbons (Fsp3) is 1.00. The lowest BCUT2D eigenvalue weighted by Gasteiger charge is -2.35. The topological polar surface area (TPSA) is 15.3 Å². The van der Waals surface area contributed by atoms with Crippen molar-refractivity contribution >= 4 is 0 Å². The van der Waals surface area contributed by atoms with E-state index in [9.17, 15) is 0 Å². The van der Waals surface area contributed by atoms with Crippen LogP contribution in [0.15, 0.2) is 0 Å². The van der Waals surface area contributed by atoms with Crippen LogP contribution in [0.2, 0.25) is 0 Å². The van der Waals surface area contributed by atoms with Crippen molar-refractivity contribution in [1.29, 1.82) is 0 Å². The van der Waals surface area contributed by atoms with Gasteiger partial charge < -0.3 is 10.2 Å². The van der Waals surface area contributed by atoms with Crippen LogP contribution >= 0.6 is 0 Å². The van der Waals surface area contributed by atoms with E-state index in [1.807, 2.05) is 0 Å². The van der Waals surface area contributed by atoms with Crippen molar-refractivity contribution in [2.75, 3.05) is 26.7 Å². The molecule has 1 N–H and O–H groups in total. The molecule has 1 aliphatic rings. The number of hydrogen-bond acceptors (Lipinski definition) is 2. The van der Waals surface area contributed by atoms with Gasteiger partial charge in [0, 0.05) is 19.1 Å². The summed E-state index contributed by atoms with van der Waals surface area (Å²) >= 11 is 0. The summed E-state index contributed by atoms with van der Waals surface area (Å²) in [6.45, 7) is 10.4. The van der Waals surface area contributed by atoms with Crippen LogP contribution in [-0.2, 0) is 0 Å². The standard InChI is InChI=1S/C15H32N2/c1-5-16-11-15(13(2)3)17(4)12-14-9-7-6-8-10-14/h13-16H,5-12H2,1-4H3. The maximum absolute atomic E-state index is 3.51. The van der Waals surface area contributed by atoms with Gasteiger partial charge >= 0.3 is 0 Å². The Kier molecular flexibility index (Phi) is 7.14. The first kappa shape index (κ1) is 15.0. The summed E-state index contributed by atoms with van der Waals surface area (Å²) in [7, 11) is 2.32. The van der Waals surface area contributed by atoms with E-state index in [4.69, 9.17) is 0 Å². The molecule has 2 heteroatoms. The molecule has 1 atom stereocenters. The highest BCUT2D eigenvalue weighted by atomic mass is 15.2. The smallest absolute Gasteiger partial charge is 0.0240 e. The van der Waals surface area contributed by atoms with E-state index in [1.54, 1.807) is 0 Å². The fourth-order valence-corrected chi connectivity index (χ4v) is 3.11. The van der Waals surface area contributed by atoms with Crippen molar-refractivity contribution in [2.24, 2.45) is 11.8 Å². The molecule has 0 aliphatic heterocycles. The Morgan fingerprint density at radius 3 is 2.35 bits per heavy atom. The van der Waals surface area contributed by atoms with E-state index in [2.05, 4.69) is 38.0 Å². The molecule has 1 saturated carbocycles. The summed E-state index contributed by atoms with van der Waals surface area (Å²) in [4.78, 5) is 2.60. The molecule has 0 saturated heterocycles. The largest absolute Gasteiger partial charge is 0.315 e. The van der Waals surface area contributed by atoms with Gasteiger partial charge in [-0.3, -0.25) is 0 Å². The number of rotatable bonds is 7. The first-order chi connectivity index (χ1) is 8.15. The Labute approximate surface area is 108 Å². The summed E-state index contributed by atoms with van der Waals surface area (Å²) in [5.74, 6) is 1.69. The van der Waals surface area contributed by atoms with Gasteiger partial charge in [-0.2, -0.15) is 0 Å². The zero-order valence-electron chi connectivity index (χ0n) is 12.3. The average molecular weight is 240 g/mol. The van der Waals surface area contributed by atoms with Crippen molar-refractivity contribution in [2.45, 2.75) is 58.9 Å². The normalized spacial score (nSPS) is 20.1. The minimum atomic E-state index is 0.692. The number of nitrogens with zero attached hydrogens (tertiary/aromatic N) is 1. The van der Waals surface area contributed by atoms with E-state index in [0.29, 0.717) is 6.04 Å². The van der Waals surface area contributed by atoms with E-state index >= 15 is 0 Å². The van der Waals surface area contributed by atoms with Gasteiger partial charge in [-0.1, -0.05) is 40.0 Å². The summed E-state index contributed by atoms with van der Waals surface area (Å²) in [5, 5.41) is 3.51. The van der Waals surface area contributed by atoms with Crippen LogP contribution in [0.4, 0.5) is 0 Å². The zero-order chi connectivity index (χ0) is 12.7. The third-order valence-electron chi connectivity index (χ3n) is 4.21. The number of hydrogen-bond donors (Lipinski definition) is 1. The van der Waals surface area contributed by atoms with Crippen LogP contribution in [0.25, 0.3) is 0 Å². The van der Waals surface area contributed by atoms with Gasteiger partial charge in [0.25, 0.3) is 0 Å². The van der Waals surface area contributed by atoms with Gasteiger partial charge in [0.2, 0.25) is 0 Å². The van der Waals surface area contributed by atoms with Gasteiger partial charge in [-0.25, -0.2) is 0 Å². The Morgan fingerprint density at radius 2 is 1.82 bits per heavy atom. The second kappa shape index (κ2) is 8.10. The maximum atomic E-state index is 3.51. The molecule has 102 valence electrons. The maximum Gasteiger partial charge on any atom is 0.0240 e. The van der Waals surface area contributed by atoms with Crippen LogP contribution < -0.4 is 5.32 Å². The van der Waals surface area contributed by atoms with E-state index in [1.165, 1.54) is 38.6 Å². The highest BCUT2D eigenvalue weighted by Crippen LogP contribution is 2.25. The van der Waals surface area contributed by atoms with Crippen LogP contribution in [0.5, 0.6) is 0 Å². The molecule has 0 bridgehead atoms. The third kappa shape index (κ3) is 5.39. The molecule has 0 aromatic rings. The monoisotopic (exact) mass is 240 g/mol. The second-order valence-electron chi connectivity index (χ2n) is 6.06. The van der Waals surface area contributed by atoms with Crippen molar-refractivity contribution in [3.63, 3.8) is 0 Å². The Hall–Kier alpha value is -0.0800. The predicted octanol–water partition coefficient (Wildman–Crippen LogP) is 3.13. The summed E-state index contributed by atoms with van der Waals surface area (Å²) in [6.07, 6.45) is 7.29. The lowest BCUT2D eigenvalue weighted by atomic mass is 9.88. The van der Waals surface area contributed by atoms with Gasteiger partial charge in [-0.05, 0) is 38.3 Å². The van der Waals surface area contributed by atoms with Crippen molar-refractivity contribution < 1.29 is 0 Å². The highest BCUT2D eigenvalue weighted by Gasteiger charge is 2.22. The van der Waals surface area contributed by atoms with Gasteiger partial charge in [0.1, 0.15) is 0 Å². The molecule has 1 fully saturated rings. The Morgan fingerprint density at radius 1 is 1.18 bits per heavy atom. The van der Waals surface area contributed by atoms with Crippen LogP contribution in [0.3, 0.4) is 0 Å². The minimum Gasteiger partial charge on any atom is -0.315 e. The van der Waals surface area contributed by atoms with Gasteiger partial charge in [0.15, 0.2) is 0 Å². The lowest BCUT2D eigenvalue weighted by molar-refractivity contribution is 0.147. The SMILES string of the molecule is CCNCC(C(C)C)N(C)CC1CCCCC1. The second-order valence-corrected chi connectivity index (χ2v) is 6.06. The first-order valence-corrected chi connectivity index (χ1v) is 7.56. The Bertz CT molecular complexity index is 185. The molecule has 0 aromatic carbocycles. The summed E-state index contributed by atoms with van der Waals surface area (Å²) in [5.41, 5.74) is 0. The Balaban J connectivity index is 2.37. The fourth-order valence-electron chi connectivity index (χ4n) is 3.11. The zero-order valence-corrected chi connectivity index (χ0v) is 12.3. The number of nitrogens with one attached hydrogen (secondary N) is 1. The molecule has 1 rings (SSSR count). The van der Waals surface area contributed by atoms with Crippen molar-refractivity contribution in [3.8, 4) is 0 Å². The third-order valence-corrected chi connectivity index (χ3v) is 4.21. The molecule has 17 heavy (non-hydrogen) atoms. The molecular weight excluding hydrogens is 208 g/mol. The molecule has 0 aromatic heterocycles. The highest BCUT2D eigenvalue weighted by molar-refractivity contribution is 4.78. The van der Waals surface area contributed by atoms with Crippen LogP contribution in [0.1, 0.15) is 52.9 Å². The quantitative estimate of drug-likeness (QED) is 0.735. The molecule has 0 spiro atoms. The number of likely N-dealkylation sites (N-methyl/N-ethyl adjacent to an activating group) is 2. The van der Waals surface area contributed by atoms with E-state index in [0.717, 1.165) is 24.9 Å². The molecule has 0 heterocycles. The van der Waals surface area contributed by atoms with Crippen LogP contribution in [0, 0.1) is 11.8 Å². The first-order valence-electron chi connectivity index (χ1n) is 7.56. The summed E-state index contributed by atoms with van der Waals surface area (Å²) in [6, 6.07) is 0.692. The van der Waals surface area contributed by atoms with Gasteiger partial charge in [-0.15, -0.1) is 0 Å². The van der Waals surface area contributed by atoms with Crippen molar-refractivity contribution in [3.05, 3.63) is 0 Å². The van der Waals surface area contributed by atoms with Gasteiger partial charge in [0.05, 0.1) is 0 Å². The summed E-state index contributed by atoms with van der Waals surface area (Å²) < 4.78 is 0. The van der Waals surface area contributed by atoms with E-state index < -0.39 is 0 Å². The molecule has 0 radical (unpaired) electrons. The average Bonchev–Trinajstić information content (AvgIpc) is 2.30. The van der Waals surface area contributed by atoms with Crippen molar-refractivity contribution in [1.82, 2.24) is 10.2 Å². The lowest BCUT2D eigenvalue weighted by Crippen LogP contribution is -2.45. The molecule has 1 aliphatic carbocycles. The van der Waals surface area contributed by atoms with Crippen LogP contribution in [-0.4, -0.2) is 37.6 Å². The minimum absolute atomic E-state index is 0.692. The predicted molar refractivity (Wildman–Crippen MR) is 76.4 cm³/mol.